The van der Waals surface area contributed by atoms with Crippen LogP contribution in [0.2, 0.25) is 0 Å². The second-order valence-electron chi connectivity index (χ2n) is 5.79. The number of benzene rings is 1. The summed E-state index contributed by atoms with van der Waals surface area (Å²) in [5.74, 6) is 0.724. The smallest absolute Gasteiger partial charge is 0.0620 e. The van der Waals surface area contributed by atoms with Gasteiger partial charge in [0.1, 0.15) is 0 Å². The van der Waals surface area contributed by atoms with Crippen LogP contribution in [0.1, 0.15) is 44.4 Å². The van der Waals surface area contributed by atoms with E-state index in [2.05, 4.69) is 50.4 Å². The van der Waals surface area contributed by atoms with Crippen LogP contribution >= 0.6 is 0 Å². The predicted molar refractivity (Wildman–Crippen MR) is 75.8 cm³/mol. The molecule has 2 unspecified atom stereocenters. The Labute approximate surface area is 111 Å². The lowest BCUT2D eigenvalue weighted by atomic mass is 9.99. The van der Waals surface area contributed by atoms with Gasteiger partial charge in [-0.1, -0.05) is 38.1 Å². The van der Waals surface area contributed by atoms with Crippen molar-refractivity contribution < 1.29 is 4.74 Å². The Kier molecular flexibility index (Phi) is 4.79. The lowest BCUT2D eigenvalue weighted by Crippen LogP contribution is -2.31. The number of hydrogen-bond acceptors (Lipinski definition) is 2. The summed E-state index contributed by atoms with van der Waals surface area (Å²) in [5, 5.41) is 3.63. The number of ether oxygens (including phenoxy) is 1. The van der Waals surface area contributed by atoms with Crippen LogP contribution in [0.15, 0.2) is 24.3 Å². The summed E-state index contributed by atoms with van der Waals surface area (Å²) in [6.45, 7) is 8.51. The van der Waals surface area contributed by atoms with Crippen LogP contribution in [-0.4, -0.2) is 19.3 Å². The van der Waals surface area contributed by atoms with Gasteiger partial charge in [0.2, 0.25) is 0 Å². The Balaban J connectivity index is 1.91. The van der Waals surface area contributed by atoms with Crippen molar-refractivity contribution in [2.75, 3.05) is 13.2 Å². The van der Waals surface area contributed by atoms with E-state index in [0.717, 1.165) is 25.6 Å². The highest BCUT2D eigenvalue weighted by atomic mass is 16.5. The number of nitrogens with one attached hydrogen (secondary N) is 1. The van der Waals surface area contributed by atoms with Crippen LogP contribution in [0.3, 0.4) is 0 Å². The highest BCUT2D eigenvalue weighted by Gasteiger charge is 2.17. The molecule has 0 amide bonds. The summed E-state index contributed by atoms with van der Waals surface area (Å²) >= 11 is 0. The van der Waals surface area contributed by atoms with Crippen LogP contribution in [0.5, 0.6) is 0 Å². The summed E-state index contributed by atoms with van der Waals surface area (Å²) in [6, 6.07) is 9.97. The largest absolute Gasteiger partial charge is 0.380 e. The molecule has 0 radical (unpaired) electrons. The monoisotopic (exact) mass is 247 g/mol. The van der Waals surface area contributed by atoms with Gasteiger partial charge in [0.15, 0.2) is 0 Å². The van der Waals surface area contributed by atoms with E-state index in [0.29, 0.717) is 12.1 Å². The van der Waals surface area contributed by atoms with Crippen LogP contribution in [0.4, 0.5) is 0 Å². The molecular weight excluding hydrogens is 222 g/mol. The molecule has 0 saturated carbocycles. The summed E-state index contributed by atoms with van der Waals surface area (Å²) in [7, 11) is 0. The van der Waals surface area contributed by atoms with E-state index in [1.807, 2.05) is 0 Å². The van der Waals surface area contributed by atoms with E-state index in [-0.39, 0.29) is 0 Å². The molecule has 1 aromatic carbocycles. The average molecular weight is 247 g/mol. The predicted octanol–water partition coefficient (Wildman–Crippen LogP) is 3.32. The van der Waals surface area contributed by atoms with E-state index >= 15 is 0 Å². The van der Waals surface area contributed by atoms with Gasteiger partial charge in [0.05, 0.1) is 6.61 Å². The summed E-state index contributed by atoms with van der Waals surface area (Å²) in [5.41, 5.74) is 2.81. The molecule has 1 fully saturated rings. The highest BCUT2D eigenvalue weighted by Crippen LogP contribution is 2.17. The molecule has 1 aliphatic rings. The maximum Gasteiger partial charge on any atom is 0.0620 e. The first-order valence-corrected chi connectivity index (χ1v) is 7.08. The van der Waals surface area contributed by atoms with Gasteiger partial charge in [-0.25, -0.2) is 0 Å². The zero-order valence-corrected chi connectivity index (χ0v) is 11.8. The summed E-state index contributed by atoms with van der Waals surface area (Å²) in [6.07, 6.45) is 2.30. The van der Waals surface area contributed by atoms with Gasteiger partial charge in [-0.2, -0.15) is 0 Å². The van der Waals surface area contributed by atoms with Gasteiger partial charge < -0.3 is 10.1 Å². The molecule has 2 rings (SSSR count). The maximum absolute atomic E-state index is 5.39. The Morgan fingerprint density at radius 2 is 1.94 bits per heavy atom. The fraction of sp³-hybridized carbons (Fsp3) is 0.625. The molecule has 1 saturated heterocycles. The Morgan fingerprint density at radius 1 is 1.22 bits per heavy atom. The van der Waals surface area contributed by atoms with Crippen molar-refractivity contribution in [2.24, 2.45) is 5.92 Å². The Morgan fingerprint density at radius 3 is 2.50 bits per heavy atom. The second kappa shape index (κ2) is 6.35. The minimum atomic E-state index is 0.407. The zero-order valence-electron chi connectivity index (χ0n) is 11.8. The Bertz CT molecular complexity index is 352. The van der Waals surface area contributed by atoms with Gasteiger partial charge >= 0.3 is 0 Å². The molecule has 100 valence electrons. The number of hydrogen-bond donors (Lipinski definition) is 1. The molecule has 1 N–H and O–H groups in total. The molecule has 18 heavy (non-hydrogen) atoms. The van der Waals surface area contributed by atoms with Gasteiger partial charge in [-0.3, -0.25) is 0 Å². The molecule has 2 atom stereocenters. The van der Waals surface area contributed by atoms with E-state index in [4.69, 9.17) is 4.74 Å². The Hall–Kier alpha value is -0.860. The SMILES string of the molecule is CC(C)Cc1ccc(C(C)NC2CCOC2)cc1. The van der Waals surface area contributed by atoms with Crippen LogP contribution in [-0.2, 0) is 11.2 Å². The van der Waals surface area contributed by atoms with E-state index in [1.165, 1.54) is 17.5 Å². The quantitative estimate of drug-likeness (QED) is 0.862. The highest BCUT2D eigenvalue weighted by molar-refractivity contribution is 5.25. The molecule has 1 aliphatic heterocycles. The summed E-state index contributed by atoms with van der Waals surface area (Å²) < 4.78 is 5.39. The van der Waals surface area contributed by atoms with Gasteiger partial charge in [-0.15, -0.1) is 0 Å². The van der Waals surface area contributed by atoms with Crippen molar-refractivity contribution in [2.45, 2.75) is 45.7 Å². The number of rotatable bonds is 5. The minimum Gasteiger partial charge on any atom is -0.380 e. The van der Waals surface area contributed by atoms with Crippen molar-refractivity contribution in [3.05, 3.63) is 35.4 Å². The van der Waals surface area contributed by atoms with E-state index in [9.17, 15) is 0 Å². The van der Waals surface area contributed by atoms with Crippen molar-refractivity contribution in [3.63, 3.8) is 0 Å². The van der Waals surface area contributed by atoms with Crippen molar-refractivity contribution in [3.8, 4) is 0 Å². The normalized spacial score (nSPS) is 21.4. The second-order valence-corrected chi connectivity index (χ2v) is 5.79. The molecular formula is C16H25NO. The molecule has 2 heteroatoms. The molecule has 2 nitrogen and oxygen atoms in total. The molecule has 0 bridgehead atoms. The van der Waals surface area contributed by atoms with E-state index < -0.39 is 0 Å². The van der Waals surface area contributed by atoms with Crippen molar-refractivity contribution in [1.29, 1.82) is 0 Å². The first-order valence-electron chi connectivity index (χ1n) is 7.08. The lowest BCUT2D eigenvalue weighted by molar-refractivity contribution is 0.188. The van der Waals surface area contributed by atoms with E-state index in [1.54, 1.807) is 0 Å². The third-order valence-electron chi connectivity index (χ3n) is 3.54. The molecule has 0 aliphatic carbocycles. The topological polar surface area (TPSA) is 21.3 Å². The molecule has 0 aromatic heterocycles. The van der Waals surface area contributed by atoms with Crippen LogP contribution < -0.4 is 5.32 Å². The van der Waals surface area contributed by atoms with Crippen LogP contribution in [0.25, 0.3) is 0 Å². The third kappa shape index (κ3) is 3.82. The van der Waals surface area contributed by atoms with Gasteiger partial charge in [-0.05, 0) is 36.8 Å². The lowest BCUT2D eigenvalue weighted by Gasteiger charge is -2.19. The third-order valence-corrected chi connectivity index (χ3v) is 3.54. The first-order chi connectivity index (χ1) is 8.65. The average Bonchev–Trinajstić information content (AvgIpc) is 2.82. The van der Waals surface area contributed by atoms with Gasteiger partial charge in [0, 0.05) is 18.7 Å². The molecule has 1 heterocycles. The van der Waals surface area contributed by atoms with Crippen LogP contribution in [0, 0.1) is 5.92 Å². The zero-order chi connectivity index (χ0) is 13.0. The van der Waals surface area contributed by atoms with Gasteiger partial charge in [0.25, 0.3) is 0 Å². The fourth-order valence-corrected chi connectivity index (χ4v) is 2.53. The maximum atomic E-state index is 5.39. The first kappa shape index (κ1) is 13.6. The van der Waals surface area contributed by atoms with Crippen molar-refractivity contribution in [1.82, 2.24) is 5.32 Å². The minimum absolute atomic E-state index is 0.407. The van der Waals surface area contributed by atoms with Crippen molar-refractivity contribution >= 4 is 0 Å². The molecule has 1 aromatic rings. The summed E-state index contributed by atoms with van der Waals surface area (Å²) in [4.78, 5) is 0. The standard InChI is InChI=1S/C16H25NO/c1-12(2)10-14-4-6-15(7-5-14)13(3)17-16-8-9-18-11-16/h4-7,12-13,16-17H,8-11H2,1-3H3. The molecule has 0 spiro atoms. The fourth-order valence-electron chi connectivity index (χ4n) is 2.53.